The van der Waals surface area contributed by atoms with Gasteiger partial charge in [0.15, 0.2) is 0 Å². The van der Waals surface area contributed by atoms with Gasteiger partial charge in [-0.25, -0.2) is 4.98 Å². The number of para-hydroxylation sites is 2. The van der Waals surface area contributed by atoms with E-state index in [1.54, 1.807) is 31.4 Å². The van der Waals surface area contributed by atoms with Crippen LogP contribution in [0.4, 0.5) is 8.78 Å². The Morgan fingerprint density at radius 1 is 1.08 bits per heavy atom. The van der Waals surface area contributed by atoms with Crippen molar-refractivity contribution in [3.05, 3.63) is 65.5 Å². The second-order valence-electron chi connectivity index (χ2n) is 5.96. The van der Waals surface area contributed by atoms with Crippen LogP contribution in [0.2, 0.25) is 0 Å². The van der Waals surface area contributed by atoms with Gasteiger partial charge in [0.2, 0.25) is 0 Å². The molecule has 4 nitrogen and oxygen atoms in total. The smallest absolute Gasteiger partial charge is 0.320 e. The molecule has 25 heavy (non-hydrogen) atoms. The van der Waals surface area contributed by atoms with Crippen molar-refractivity contribution < 1.29 is 13.5 Å². The molecule has 0 amide bonds. The van der Waals surface area contributed by atoms with Crippen molar-refractivity contribution in [2.45, 2.75) is 32.7 Å². The van der Waals surface area contributed by atoms with Crippen LogP contribution in [-0.4, -0.2) is 16.7 Å². The molecule has 0 radical (unpaired) electrons. The summed E-state index contributed by atoms with van der Waals surface area (Å²) < 4.78 is 33.1. The Morgan fingerprint density at radius 3 is 2.44 bits per heavy atom. The number of benzene rings is 2. The van der Waals surface area contributed by atoms with E-state index >= 15 is 0 Å². The van der Waals surface area contributed by atoms with Gasteiger partial charge in [-0.15, -0.1) is 0 Å². The first-order valence-electron chi connectivity index (χ1n) is 8.15. The highest BCUT2D eigenvalue weighted by Crippen LogP contribution is 2.26. The lowest BCUT2D eigenvalue weighted by molar-refractivity contribution is 0.0698. The van der Waals surface area contributed by atoms with Gasteiger partial charge in [-0.1, -0.05) is 36.4 Å². The Bertz CT molecular complexity index is 830. The molecule has 0 fully saturated rings. The predicted molar refractivity (Wildman–Crippen MR) is 93.4 cm³/mol. The Kier molecular flexibility index (Phi) is 5.40. The normalized spacial score (nSPS) is 12.8. The summed E-state index contributed by atoms with van der Waals surface area (Å²) >= 11 is 0. The monoisotopic (exact) mass is 345 g/mol. The van der Waals surface area contributed by atoms with Gasteiger partial charge in [-0.2, -0.15) is 8.78 Å². The van der Waals surface area contributed by atoms with Gasteiger partial charge < -0.3 is 10.1 Å². The minimum atomic E-state index is -2.63. The molecule has 1 unspecified atom stereocenters. The molecule has 1 N–H and O–H groups in total. The standard InChI is InChI=1S/C19H21F2N3O/c1-13(22-11-14-7-9-15(10-8-14)12-25-2)18-23-16-5-3-4-6-17(16)24(18)19(20)21/h3-10,13,19,22H,11-12H2,1-2H3. The van der Waals surface area contributed by atoms with Gasteiger partial charge in [-0.05, 0) is 30.2 Å². The number of imidazole rings is 1. The number of fused-ring (bicyclic) bond motifs is 1. The van der Waals surface area contributed by atoms with Crippen LogP contribution in [0.3, 0.4) is 0 Å². The van der Waals surface area contributed by atoms with Crippen molar-refractivity contribution in [3.63, 3.8) is 0 Å². The molecule has 1 heterocycles. The van der Waals surface area contributed by atoms with Crippen LogP contribution in [0.5, 0.6) is 0 Å². The molecule has 2 aromatic carbocycles. The Labute approximate surface area is 145 Å². The lowest BCUT2D eigenvalue weighted by Crippen LogP contribution is -2.22. The highest BCUT2D eigenvalue weighted by molar-refractivity contribution is 5.76. The molecular formula is C19H21F2N3O. The van der Waals surface area contributed by atoms with Crippen LogP contribution in [-0.2, 0) is 17.9 Å². The number of hydrogen-bond donors (Lipinski definition) is 1. The van der Waals surface area contributed by atoms with Gasteiger partial charge in [0, 0.05) is 13.7 Å². The summed E-state index contributed by atoms with van der Waals surface area (Å²) in [7, 11) is 1.66. The van der Waals surface area contributed by atoms with Crippen LogP contribution in [0.1, 0.15) is 36.5 Å². The number of ether oxygens (including phenoxy) is 1. The number of methoxy groups -OCH3 is 1. The van der Waals surface area contributed by atoms with Crippen molar-refractivity contribution in [1.29, 1.82) is 0 Å². The summed E-state index contributed by atoms with van der Waals surface area (Å²) in [6, 6.07) is 14.7. The molecule has 0 spiro atoms. The maximum absolute atomic E-state index is 13.5. The number of aromatic nitrogens is 2. The second-order valence-corrected chi connectivity index (χ2v) is 5.96. The summed E-state index contributed by atoms with van der Waals surface area (Å²) in [5.41, 5.74) is 3.20. The van der Waals surface area contributed by atoms with E-state index in [2.05, 4.69) is 10.3 Å². The maximum Gasteiger partial charge on any atom is 0.320 e. The van der Waals surface area contributed by atoms with Gasteiger partial charge in [0.1, 0.15) is 5.82 Å². The molecule has 0 saturated heterocycles. The van der Waals surface area contributed by atoms with Crippen molar-refractivity contribution in [2.24, 2.45) is 0 Å². The molecule has 6 heteroatoms. The van der Waals surface area contributed by atoms with Crippen molar-refractivity contribution >= 4 is 11.0 Å². The molecule has 0 aliphatic rings. The molecule has 0 aliphatic carbocycles. The Morgan fingerprint density at radius 2 is 1.76 bits per heavy atom. The number of hydrogen-bond acceptors (Lipinski definition) is 3. The summed E-state index contributed by atoms with van der Waals surface area (Å²) in [6.07, 6.45) is 0. The van der Waals surface area contributed by atoms with Crippen LogP contribution in [0, 0.1) is 0 Å². The minimum absolute atomic E-state index is 0.306. The third kappa shape index (κ3) is 3.86. The zero-order valence-electron chi connectivity index (χ0n) is 14.2. The SMILES string of the molecule is COCc1ccc(CNC(C)c2nc3ccccc3n2C(F)F)cc1. The molecule has 3 rings (SSSR count). The summed E-state index contributed by atoms with van der Waals surface area (Å²) in [5.74, 6) is 0.340. The first-order valence-corrected chi connectivity index (χ1v) is 8.15. The van der Waals surface area contributed by atoms with Crippen molar-refractivity contribution in [2.75, 3.05) is 7.11 Å². The zero-order chi connectivity index (χ0) is 17.8. The third-order valence-corrected chi connectivity index (χ3v) is 4.15. The van der Waals surface area contributed by atoms with Gasteiger partial charge >= 0.3 is 6.55 Å². The highest BCUT2D eigenvalue weighted by atomic mass is 19.3. The predicted octanol–water partition coefficient (Wildman–Crippen LogP) is 4.43. The van der Waals surface area contributed by atoms with E-state index in [1.807, 2.05) is 31.2 Å². The Balaban J connectivity index is 1.76. The lowest BCUT2D eigenvalue weighted by Gasteiger charge is -2.16. The van der Waals surface area contributed by atoms with Crippen LogP contribution in [0.25, 0.3) is 11.0 Å². The molecule has 0 saturated carbocycles. The minimum Gasteiger partial charge on any atom is -0.380 e. The number of halogens is 2. The average Bonchev–Trinajstić information content (AvgIpc) is 3.01. The maximum atomic E-state index is 13.5. The molecule has 1 aromatic heterocycles. The largest absolute Gasteiger partial charge is 0.380 e. The van der Waals surface area contributed by atoms with Gasteiger partial charge in [-0.3, -0.25) is 4.57 Å². The number of nitrogens with one attached hydrogen (secondary N) is 1. The van der Waals surface area contributed by atoms with Crippen LogP contribution < -0.4 is 5.32 Å². The first kappa shape index (κ1) is 17.5. The van der Waals surface area contributed by atoms with Crippen molar-refractivity contribution in [3.8, 4) is 0 Å². The van der Waals surface area contributed by atoms with E-state index in [4.69, 9.17) is 4.74 Å². The summed E-state index contributed by atoms with van der Waals surface area (Å²) in [5, 5.41) is 3.27. The fraction of sp³-hybridized carbons (Fsp3) is 0.316. The lowest BCUT2D eigenvalue weighted by atomic mass is 10.1. The van der Waals surface area contributed by atoms with Gasteiger partial charge in [0.25, 0.3) is 0 Å². The van der Waals surface area contributed by atoms with Crippen LogP contribution >= 0.6 is 0 Å². The Hall–Kier alpha value is -2.31. The molecule has 0 aliphatic heterocycles. The molecular weight excluding hydrogens is 324 g/mol. The topological polar surface area (TPSA) is 39.1 Å². The fourth-order valence-electron chi connectivity index (χ4n) is 2.86. The van der Waals surface area contributed by atoms with E-state index in [0.717, 1.165) is 15.7 Å². The second kappa shape index (κ2) is 7.72. The van der Waals surface area contributed by atoms with E-state index in [9.17, 15) is 8.78 Å². The summed E-state index contributed by atoms with van der Waals surface area (Å²) in [6.45, 7) is 0.364. The first-order chi connectivity index (χ1) is 12.1. The van der Waals surface area contributed by atoms with Crippen molar-refractivity contribution in [1.82, 2.24) is 14.9 Å². The number of nitrogens with zero attached hydrogens (tertiary/aromatic N) is 2. The number of rotatable bonds is 7. The molecule has 0 bridgehead atoms. The third-order valence-electron chi connectivity index (χ3n) is 4.15. The zero-order valence-corrected chi connectivity index (χ0v) is 14.2. The highest BCUT2D eigenvalue weighted by Gasteiger charge is 2.21. The summed E-state index contributed by atoms with van der Waals surface area (Å²) in [4.78, 5) is 4.39. The molecule has 3 aromatic rings. The molecule has 1 atom stereocenters. The fourth-order valence-corrected chi connectivity index (χ4v) is 2.86. The van der Waals surface area contributed by atoms with Gasteiger partial charge in [0.05, 0.1) is 23.7 Å². The van der Waals surface area contributed by atoms with E-state index in [1.165, 1.54) is 0 Å². The van der Waals surface area contributed by atoms with E-state index in [0.29, 0.717) is 30.0 Å². The number of alkyl halides is 2. The van der Waals surface area contributed by atoms with E-state index in [-0.39, 0.29) is 6.04 Å². The average molecular weight is 345 g/mol. The molecule has 132 valence electrons. The van der Waals surface area contributed by atoms with Crippen LogP contribution in [0.15, 0.2) is 48.5 Å². The van der Waals surface area contributed by atoms with E-state index < -0.39 is 6.55 Å². The quantitative estimate of drug-likeness (QED) is 0.688.